The lowest BCUT2D eigenvalue weighted by atomic mass is 10.2. The topological polar surface area (TPSA) is 102 Å². The van der Waals surface area contributed by atoms with Gasteiger partial charge in [-0.15, -0.1) is 12.4 Å². The number of hydrogen-bond acceptors (Lipinski definition) is 7. The van der Waals surface area contributed by atoms with Gasteiger partial charge in [0.15, 0.2) is 11.5 Å². The van der Waals surface area contributed by atoms with Crippen LogP contribution in [-0.4, -0.2) is 55.5 Å². The molecular formula is C18H20ClN3O6S. The molecule has 0 saturated carbocycles. The molecule has 4 rings (SSSR count). The van der Waals surface area contributed by atoms with Gasteiger partial charge in [0, 0.05) is 44.9 Å². The SMILES string of the molecule is Cl.O=[N+]([O-])c1cccc(S(=O)(=O)N2CCN(Cc3ccc4c(c3)OCO4)CC2)c1. The van der Waals surface area contributed by atoms with Crippen LogP contribution in [0.5, 0.6) is 11.5 Å². The maximum Gasteiger partial charge on any atom is 0.270 e. The quantitative estimate of drug-likeness (QED) is 0.518. The van der Waals surface area contributed by atoms with Crippen LogP contribution >= 0.6 is 12.4 Å². The van der Waals surface area contributed by atoms with Gasteiger partial charge in [-0.05, 0) is 23.8 Å². The second-order valence-corrected chi connectivity index (χ2v) is 8.56. The number of hydrogen-bond donors (Lipinski definition) is 0. The molecule has 2 aromatic rings. The zero-order chi connectivity index (χ0) is 19.7. The highest BCUT2D eigenvalue weighted by Gasteiger charge is 2.29. The van der Waals surface area contributed by atoms with Crippen LogP contribution in [0.25, 0.3) is 0 Å². The summed E-state index contributed by atoms with van der Waals surface area (Å²) in [5, 5.41) is 10.9. The number of piperazine rings is 1. The molecule has 0 N–H and O–H groups in total. The minimum atomic E-state index is -3.76. The molecule has 29 heavy (non-hydrogen) atoms. The van der Waals surface area contributed by atoms with Crippen molar-refractivity contribution < 1.29 is 22.8 Å². The summed E-state index contributed by atoms with van der Waals surface area (Å²) in [7, 11) is -3.76. The maximum absolute atomic E-state index is 12.8. The van der Waals surface area contributed by atoms with Crippen molar-refractivity contribution in [2.75, 3.05) is 33.0 Å². The predicted molar refractivity (Wildman–Crippen MR) is 107 cm³/mol. The van der Waals surface area contributed by atoms with Crippen LogP contribution < -0.4 is 9.47 Å². The number of benzene rings is 2. The fourth-order valence-corrected chi connectivity index (χ4v) is 4.79. The van der Waals surface area contributed by atoms with Gasteiger partial charge in [-0.2, -0.15) is 4.31 Å². The van der Waals surface area contributed by atoms with Gasteiger partial charge in [0.1, 0.15) is 0 Å². The molecule has 0 bridgehead atoms. The molecule has 1 fully saturated rings. The first-order valence-corrected chi connectivity index (χ1v) is 10.2. The summed E-state index contributed by atoms with van der Waals surface area (Å²) in [6, 6.07) is 11.0. The van der Waals surface area contributed by atoms with Crippen LogP contribution in [0.1, 0.15) is 5.56 Å². The Morgan fingerprint density at radius 3 is 2.45 bits per heavy atom. The average Bonchev–Trinajstić information content (AvgIpc) is 3.16. The summed E-state index contributed by atoms with van der Waals surface area (Å²) >= 11 is 0. The van der Waals surface area contributed by atoms with Crippen molar-refractivity contribution >= 4 is 28.1 Å². The van der Waals surface area contributed by atoms with Crippen LogP contribution in [0, 0.1) is 10.1 Å². The Hall–Kier alpha value is -2.40. The van der Waals surface area contributed by atoms with E-state index in [1.165, 1.54) is 22.5 Å². The lowest BCUT2D eigenvalue weighted by molar-refractivity contribution is -0.385. The van der Waals surface area contributed by atoms with Crippen molar-refractivity contribution in [3.63, 3.8) is 0 Å². The number of halogens is 1. The van der Waals surface area contributed by atoms with E-state index in [2.05, 4.69) is 4.90 Å². The van der Waals surface area contributed by atoms with Crippen molar-refractivity contribution in [3.05, 3.63) is 58.1 Å². The van der Waals surface area contributed by atoms with E-state index >= 15 is 0 Å². The Labute approximate surface area is 174 Å². The van der Waals surface area contributed by atoms with Gasteiger partial charge in [-0.3, -0.25) is 15.0 Å². The molecule has 0 aromatic heterocycles. The van der Waals surface area contributed by atoms with Gasteiger partial charge < -0.3 is 9.47 Å². The third-order valence-corrected chi connectivity index (χ3v) is 6.74. The van der Waals surface area contributed by atoms with E-state index < -0.39 is 14.9 Å². The van der Waals surface area contributed by atoms with Crippen LogP contribution in [0.3, 0.4) is 0 Å². The van der Waals surface area contributed by atoms with E-state index in [-0.39, 0.29) is 29.8 Å². The maximum atomic E-state index is 12.8. The zero-order valence-corrected chi connectivity index (χ0v) is 17.0. The Morgan fingerprint density at radius 1 is 1.00 bits per heavy atom. The second-order valence-electron chi connectivity index (χ2n) is 6.62. The molecule has 0 radical (unpaired) electrons. The normalized spacial score (nSPS) is 17.0. The van der Waals surface area contributed by atoms with Crippen molar-refractivity contribution in [2.45, 2.75) is 11.4 Å². The number of rotatable bonds is 5. The summed E-state index contributed by atoms with van der Waals surface area (Å²) in [5.74, 6) is 1.46. The number of non-ortho nitro benzene ring substituents is 1. The van der Waals surface area contributed by atoms with E-state index in [0.29, 0.717) is 32.7 Å². The first-order valence-electron chi connectivity index (χ1n) is 8.79. The molecule has 1 saturated heterocycles. The van der Waals surface area contributed by atoms with Gasteiger partial charge in [0.2, 0.25) is 16.8 Å². The van der Waals surface area contributed by atoms with Crippen LogP contribution in [-0.2, 0) is 16.6 Å². The molecule has 0 amide bonds. The largest absolute Gasteiger partial charge is 0.454 e. The molecule has 0 atom stereocenters. The van der Waals surface area contributed by atoms with E-state index in [9.17, 15) is 18.5 Å². The predicted octanol–water partition coefficient (Wildman–Crippen LogP) is 2.25. The molecule has 0 spiro atoms. The number of fused-ring (bicyclic) bond motifs is 1. The Kier molecular flexibility index (Phi) is 6.27. The average molecular weight is 442 g/mol. The van der Waals surface area contributed by atoms with E-state index in [0.717, 1.165) is 23.1 Å². The lowest BCUT2D eigenvalue weighted by Crippen LogP contribution is -2.48. The summed E-state index contributed by atoms with van der Waals surface area (Å²) in [6.45, 7) is 2.71. The van der Waals surface area contributed by atoms with Crippen molar-refractivity contribution in [1.29, 1.82) is 0 Å². The molecule has 2 aliphatic rings. The third kappa shape index (κ3) is 4.45. The van der Waals surface area contributed by atoms with Gasteiger partial charge in [-0.1, -0.05) is 12.1 Å². The first-order chi connectivity index (χ1) is 13.4. The summed E-state index contributed by atoms with van der Waals surface area (Å²) < 4.78 is 37.7. The lowest BCUT2D eigenvalue weighted by Gasteiger charge is -2.34. The van der Waals surface area contributed by atoms with Gasteiger partial charge in [0.05, 0.1) is 9.82 Å². The molecule has 0 unspecified atom stereocenters. The number of nitro benzene ring substituents is 1. The van der Waals surface area contributed by atoms with Crippen molar-refractivity contribution in [2.24, 2.45) is 0 Å². The second kappa shape index (κ2) is 8.54. The third-order valence-electron chi connectivity index (χ3n) is 4.84. The number of nitro groups is 1. The molecular weight excluding hydrogens is 422 g/mol. The molecule has 2 aromatic carbocycles. The highest BCUT2D eigenvalue weighted by atomic mass is 35.5. The molecule has 2 aliphatic heterocycles. The molecule has 9 nitrogen and oxygen atoms in total. The summed E-state index contributed by atoms with van der Waals surface area (Å²) in [4.78, 5) is 12.4. The van der Waals surface area contributed by atoms with Crippen molar-refractivity contribution in [3.8, 4) is 11.5 Å². The van der Waals surface area contributed by atoms with Crippen LogP contribution in [0.4, 0.5) is 5.69 Å². The van der Waals surface area contributed by atoms with Gasteiger partial charge >= 0.3 is 0 Å². The fourth-order valence-electron chi connectivity index (χ4n) is 3.33. The molecule has 0 aliphatic carbocycles. The summed E-state index contributed by atoms with van der Waals surface area (Å²) in [6.07, 6.45) is 0. The molecule has 11 heteroatoms. The molecule has 156 valence electrons. The van der Waals surface area contributed by atoms with E-state index in [1.807, 2.05) is 18.2 Å². The minimum Gasteiger partial charge on any atom is -0.454 e. The van der Waals surface area contributed by atoms with E-state index in [1.54, 1.807) is 0 Å². The zero-order valence-electron chi connectivity index (χ0n) is 15.4. The Morgan fingerprint density at radius 2 is 1.72 bits per heavy atom. The minimum absolute atomic E-state index is 0. The van der Waals surface area contributed by atoms with Crippen LogP contribution in [0.15, 0.2) is 47.4 Å². The number of sulfonamides is 1. The Balaban J connectivity index is 0.00000240. The fraction of sp³-hybridized carbons (Fsp3) is 0.333. The molecule has 2 heterocycles. The smallest absolute Gasteiger partial charge is 0.270 e. The highest BCUT2D eigenvalue weighted by Crippen LogP contribution is 2.33. The highest BCUT2D eigenvalue weighted by molar-refractivity contribution is 7.89. The monoisotopic (exact) mass is 441 g/mol. The van der Waals surface area contributed by atoms with E-state index in [4.69, 9.17) is 9.47 Å². The standard InChI is InChI=1S/C18H19N3O6S.ClH/c22-21(23)15-2-1-3-16(11-15)28(24,25)20-8-6-19(7-9-20)12-14-4-5-17-18(10-14)27-13-26-17;/h1-5,10-11H,6-9,12-13H2;1H. The first kappa shape index (κ1) is 21.3. The summed E-state index contributed by atoms with van der Waals surface area (Å²) in [5.41, 5.74) is 0.835. The number of ether oxygens (including phenoxy) is 2. The van der Waals surface area contributed by atoms with Crippen molar-refractivity contribution in [1.82, 2.24) is 9.21 Å². The van der Waals surface area contributed by atoms with Gasteiger partial charge in [-0.25, -0.2) is 8.42 Å². The Bertz CT molecular complexity index is 1010. The van der Waals surface area contributed by atoms with Gasteiger partial charge in [0.25, 0.3) is 5.69 Å². The number of nitrogens with zero attached hydrogens (tertiary/aromatic N) is 3. The van der Waals surface area contributed by atoms with Crippen LogP contribution in [0.2, 0.25) is 0 Å².